The van der Waals surface area contributed by atoms with Crippen molar-refractivity contribution in [1.82, 2.24) is 5.32 Å². The van der Waals surface area contributed by atoms with Gasteiger partial charge in [-0.2, -0.15) is 0 Å². The molecular formula is C16H27NO4. The minimum Gasteiger partial charge on any atom is -0.378 e. The summed E-state index contributed by atoms with van der Waals surface area (Å²) >= 11 is 0. The quantitative estimate of drug-likeness (QED) is 0.864. The SMILES string of the molecule is CO[C@]1(C)C[C@@H](NC(=O)[C@H]2CCCC23OCCO3)C1(C)C. The molecule has 1 heterocycles. The average Bonchev–Trinajstić information content (AvgIpc) is 3.08. The van der Waals surface area contributed by atoms with Crippen LogP contribution in [0, 0.1) is 11.3 Å². The third-order valence-electron chi connectivity index (χ3n) is 6.24. The number of rotatable bonds is 3. The summed E-state index contributed by atoms with van der Waals surface area (Å²) < 4.78 is 17.2. The monoisotopic (exact) mass is 297 g/mol. The number of carbonyl (C=O) groups excluding carboxylic acids is 1. The van der Waals surface area contributed by atoms with Crippen LogP contribution >= 0.6 is 0 Å². The molecule has 3 atom stereocenters. The zero-order valence-electron chi connectivity index (χ0n) is 13.5. The van der Waals surface area contributed by atoms with E-state index in [0.717, 1.165) is 25.7 Å². The summed E-state index contributed by atoms with van der Waals surface area (Å²) in [6.07, 6.45) is 3.51. The Labute approximate surface area is 126 Å². The Kier molecular flexibility index (Phi) is 3.58. The van der Waals surface area contributed by atoms with Gasteiger partial charge in [0.25, 0.3) is 0 Å². The average molecular weight is 297 g/mol. The third kappa shape index (κ3) is 2.13. The first-order valence-electron chi connectivity index (χ1n) is 7.98. The molecule has 0 aromatic heterocycles. The van der Waals surface area contributed by atoms with Gasteiger partial charge in [-0.3, -0.25) is 4.79 Å². The van der Waals surface area contributed by atoms with Crippen LogP contribution in [0.2, 0.25) is 0 Å². The largest absolute Gasteiger partial charge is 0.378 e. The van der Waals surface area contributed by atoms with E-state index in [1.165, 1.54) is 0 Å². The number of ether oxygens (including phenoxy) is 3. The molecule has 0 aromatic carbocycles. The van der Waals surface area contributed by atoms with E-state index in [0.29, 0.717) is 13.2 Å². The topological polar surface area (TPSA) is 56.8 Å². The molecule has 120 valence electrons. The normalized spacial score (nSPS) is 40.2. The van der Waals surface area contributed by atoms with Gasteiger partial charge in [-0.1, -0.05) is 13.8 Å². The van der Waals surface area contributed by atoms with E-state index in [1.54, 1.807) is 7.11 Å². The Balaban J connectivity index is 1.65. The van der Waals surface area contributed by atoms with Gasteiger partial charge in [0.05, 0.1) is 24.7 Å². The first-order valence-corrected chi connectivity index (χ1v) is 7.98. The van der Waals surface area contributed by atoms with Gasteiger partial charge in [-0.05, 0) is 26.2 Å². The van der Waals surface area contributed by atoms with E-state index in [9.17, 15) is 4.79 Å². The van der Waals surface area contributed by atoms with Crippen molar-refractivity contribution in [3.05, 3.63) is 0 Å². The molecular weight excluding hydrogens is 270 g/mol. The first-order chi connectivity index (χ1) is 9.85. The van der Waals surface area contributed by atoms with Crippen LogP contribution in [0.15, 0.2) is 0 Å². The maximum atomic E-state index is 12.7. The van der Waals surface area contributed by atoms with Gasteiger partial charge >= 0.3 is 0 Å². The van der Waals surface area contributed by atoms with Crippen LogP contribution in [0.5, 0.6) is 0 Å². The molecule has 3 rings (SSSR count). The highest BCUT2D eigenvalue weighted by molar-refractivity contribution is 5.80. The van der Waals surface area contributed by atoms with Crippen LogP contribution in [0.25, 0.3) is 0 Å². The second-order valence-electron chi connectivity index (χ2n) is 7.38. The van der Waals surface area contributed by atoms with Crippen molar-refractivity contribution in [3.8, 4) is 0 Å². The predicted octanol–water partition coefficient (Wildman–Crippen LogP) is 1.85. The molecule has 0 aromatic rings. The summed E-state index contributed by atoms with van der Waals surface area (Å²) in [6, 6.07) is 0.147. The van der Waals surface area contributed by atoms with E-state index < -0.39 is 5.79 Å². The van der Waals surface area contributed by atoms with E-state index in [1.807, 2.05) is 0 Å². The Morgan fingerprint density at radius 2 is 1.90 bits per heavy atom. The Hall–Kier alpha value is -0.650. The molecule has 5 heteroatoms. The van der Waals surface area contributed by atoms with E-state index in [2.05, 4.69) is 26.1 Å². The van der Waals surface area contributed by atoms with Crippen LogP contribution in [-0.2, 0) is 19.0 Å². The van der Waals surface area contributed by atoms with Gasteiger partial charge < -0.3 is 19.5 Å². The fraction of sp³-hybridized carbons (Fsp3) is 0.938. The van der Waals surface area contributed by atoms with Crippen molar-refractivity contribution in [2.45, 2.75) is 63.9 Å². The smallest absolute Gasteiger partial charge is 0.228 e. The Morgan fingerprint density at radius 1 is 1.24 bits per heavy atom. The van der Waals surface area contributed by atoms with Gasteiger partial charge in [0.15, 0.2) is 5.79 Å². The molecule has 2 saturated carbocycles. The van der Waals surface area contributed by atoms with Crippen LogP contribution in [0.3, 0.4) is 0 Å². The van der Waals surface area contributed by atoms with Gasteiger partial charge in [-0.25, -0.2) is 0 Å². The fourth-order valence-corrected chi connectivity index (χ4v) is 4.09. The van der Waals surface area contributed by atoms with Crippen molar-refractivity contribution in [1.29, 1.82) is 0 Å². The number of hydrogen-bond acceptors (Lipinski definition) is 4. The highest BCUT2D eigenvalue weighted by Crippen LogP contribution is 2.52. The molecule has 0 unspecified atom stereocenters. The molecule has 1 aliphatic heterocycles. The number of nitrogens with one attached hydrogen (secondary N) is 1. The van der Waals surface area contributed by atoms with E-state index in [4.69, 9.17) is 14.2 Å². The summed E-state index contributed by atoms with van der Waals surface area (Å²) in [5.41, 5.74) is -0.237. The Morgan fingerprint density at radius 3 is 2.48 bits per heavy atom. The maximum absolute atomic E-state index is 12.7. The van der Waals surface area contributed by atoms with Crippen LogP contribution < -0.4 is 5.32 Å². The lowest BCUT2D eigenvalue weighted by Crippen LogP contribution is -2.69. The zero-order chi connectivity index (χ0) is 15.3. The molecule has 0 radical (unpaired) electrons. The van der Waals surface area contributed by atoms with Gasteiger partial charge in [0.1, 0.15) is 0 Å². The van der Waals surface area contributed by atoms with E-state index >= 15 is 0 Å². The minimum absolute atomic E-state index is 0.0689. The van der Waals surface area contributed by atoms with Crippen molar-refractivity contribution in [2.24, 2.45) is 11.3 Å². The number of methoxy groups -OCH3 is 1. The van der Waals surface area contributed by atoms with Crippen molar-refractivity contribution < 1.29 is 19.0 Å². The van der Waals surface area contributed by atoms with Gasteiger partial charge in [0, 0.05) is 25.0 Å². The molecule has 1 amide bonds. The molecule has 1 N–H and O–H groups in total. The van der Waals surface area contributed by atoms with Gasteiger partial charge in [-0.15, -0.1) is 0 Å². The highest BCUT2D eigenvalue weighted by atomic mass is 16.7. The lowest BCUT2D eigenvalue weighted by atomic mass is 9.55. The molecule has 21 heavy (non-hydrogen) atoms. The van der Waals surface area contributed by atoms with Crippen LogP contribution in [0.4, 0.5) is 0 Å². The van der Waals surface area contributed by atoms with Crippen molar-refractivity contribution in [2.75, 3.05) is 20.3 Å². The summed E-state index contributed by atoms with van der Waals surface area (Å²) in [5.74, 6) is -0.751. The molecule has 1 saturated heterocycles. The van der Waals surface area contributed by atoms with Gasteiger partial charge in [0.2, 0.25) is 5.91 Å². The van der Waals surface area contributed by atoms with E-state index in [-0.39, 0.29) is 28.9 Å². The first kappa shape index (κ1) is 15.3. The number of hydrogen-bond donors (Lipinski definition) is 1. The van der Waals surface area contributed by atoms with Crippen molar-refractivity contribution >= 4 is 5.91 Å². The fourth-order valence-electron chi connectivity index (χ4n) is 4.09. The second kappa shape index (κ2) is 4.93. The minimum atomic E-state index is -0.650. The zero-order valence-corrected chi connectivity index (χ0v) is 13.5. The van der Waals surface area contributed by atoms with Crippen LogP contribution in [-0.4, -0.2) is 43.7 Å². The molecule has 2 aliphatic carbocycles. The summed E-state index contributed by atoms with van der Waals surface area (Å²) in [6.45, 7) is 7.60. The number of carbonyl (C=O) groups is 1. The predicted molar refractivity (Wildman–Crippen MR) is 77.7 cm³/mol. The molecule has 3 fully saturated rings. The molecule has 0 bridgehead atoms. The highest BCUT2D eigenvalue weighted by Gasteiger charge is 2.59. The van der Waals surface area contributed by atoms with Crippen LogP contribution in [0.1, 0.15) is 46.5 Å². The molecule has 1 spiro atoms. The lowest BCUT2D eigenvalue weighted by Gasteiger charge is -2.59. The molecule has 5 nitrogen and oxygen atoms in total. The standard InChI is InChI=1S/C16H27NO4/c1-14(2)12(10-15(14,3)19-4)17-13(18)11-6-5-7-16(11)20-8-9-21-16/h11-12H,5-10H2,1-4H3,(H,17,18)/t11-,12-,15-/m1/s1. The summed E-state index contributed by atoms with van der Waals surface area (Å²) in [7, 11) is 1.74. The maximum Gasteiger partial charge on any atom is 0.228 e. The Bertz CT molecular complexity index is 424. The second-order valence-corrected chi connectivity index (χ2v) is 7.38. The lowest BCUT2D eigenvalue weighted by molar-refractivity contribution is -0.197. The molecule has 3 aliphatic rings. The third-order valence-corrected chi connectivity index (χ3v) is 6.24. The van der Waals surface area contributed by atoms with Crippen molar-refractivity contribution in [3.63, 3.8) is 0 Å². The summed E-state index contributed by atoms with van der Waals surface area (Å²) in [5, 5.41) is 3.21. The number of amides is 1. The summed E-state index contributed by atoms with van der Waals surface area (Å²) in [4.78, 5) is 12.7.